The highest BCUT2D eigenvalue weighted by molar-refractivity contribution is 6.04. The van der Waals surface area contributed by atoms with Crippen molar-refractivity contribution in [3.8, 4) is 6.07 Å². The molecule has 1 amide bonds. The Morgan fingerprint density at radius 2 is 1.26 bits per heavy atom. The first-order valence-electron chi connectivity index (χ1n) is 12.6. The number of carboxylic acid groups (broad SMARTS) is 1. The molecule has 4 unspecified atom stereocenters. The monoisotopic (exact) mass is 514 g/mol. The van der Waals surface area contributed by atoms with E-state index in [-0.39, 0.29) is 5.78 Å². The topological polar surface area (TPSA) is 98.5 Å². The molecule has 5 rings (SSSR count). The summed E-state index contributed by atoms with van der Waals surface area (Å²) >= 11 is 0. The van der Waals surface area contributed by atoms with Crippen LogP contribution < -0.4 is 0 Å². The summed E-state index contributed by atoms with van der Waals surface area (Å²) in [6, 6.07) is 34.2. The van der Waals surface area contributed by atoms with Gasteiger partial charge in [-0.15, -0.1) is 0 Å². The van der Waals surface area contributed by atoms with Gasteiger partial charge in [-0.3, -0.25) is 9.59 Å². The number of Topliss-reactive ketones (excluding diaryl/α,β-unsaturated/α-hetero) is 1. The van der Waals surface area contributed by atoms with E-state index in [0.29, 0.717) is 27.8 Å². The third-order valence-electron chi connectivity index (χ3n) is 7.66. The van der Waals surface area contributed by atoms with Gasteiger partial charge in [-0.25, -0.2) is 4.79 Å². The fraction of sp³-hybridized carbons (Fsp3) is 0.152. The number of benzene rings is 4. The van der Waals surface area contributed by atoms with Crippen LogP contribution in [0.1, 0.15) is 56.3 Å². The molecule has 1 aliphatic heterocycles. The van der Waals surface area contributed by atoms with Gasteiger partial charge >= 0.3 is 5.97 Å². The number of likely N-dealkylation sites (tertiary alicyclic amines) is 1. The highest BCUT2D eigenvalue weighted by Gasteiger charge is 2.64. The number of ketones is 1. The van der Waals surface area contributed by atoms with E-state index in [4.69, 9.17) is 0 Å². The van der Waals surface area contributed by atoms with Crippen molar-refractivity contribution in [1.29, 1.82) is 5.26 Å². The lowest BCUT2D eigenvalue weighted by molar-refractivity contribution is -0.148. The Bertz CT molecular complexity index is 1550. The molecular formula is C33H26N2O4. The fourth-order valence-electron chi connectivity index (χ4n) is 5.82. The maximum atomic E-state index is 14.4. The van der Waals surface area contributed by atoms with Crippen molar-refractivity contribution in [3.63, 3.8) is 0 Å². The standard InChI is InChI=1S/C33H26N2O4/c1-33(32(38)39)28(23-11-5-2-6-12-23)27(30(36)25-13-7-3-8-14-25)29(24-19-17-22(21-34)18-20-24)35(33)31(37)26-15-9-4-10-16-26/h2-20,27-29H,1H3,(H,38,39). The molecule has 1 heterocycles. The van der Waals surface area contributed by atoms with Crippen LogP contribution >= 0.6 is 0 Å². The highest BCUT2D eigenvalue weighted by atomic mass is 16.4. The van der Waals surface area contributed by atoms with E-state index in [1.54, 1.807) is 91.0 Å². The van der Waals surface area contributed by atoms with Crippen LogP contribution in [0.5, 0.6) is 0 Å². The third-order valence-corrected chi connectivity index (χ3v) is 7.66. The van der Waals surface area contributed by atoms with Crippen molar-refractivity contribution in [2.75, 3.05) is 0 Å². The van der Waals surface area contributed by atoms with Crippen LogP contribution in [-0.4, -0.2) is 33.2 Å². The zero-order valence-corrected chi connectivity index (χ0v) is 21.3. The lowest BCUT2D eigenvalue weighted by Crippen LogP contribution is -2.54. The summed E-state index contributed by atoms with van der Waals surface area (Å²) in [5.41, 5.74) is 0.635. The summed E-state index contributed by atoms with van der Waals surface area (Å²) < 4.78 is 0. The van der Waals surface area contributed by atoms with E-state index in [1.807, 2.05) is 24.3 Å². The van der Waals surface area contributed by atoms with Crippen LogP contribution in [0.4, 0.5) is 0 Å². The van der Waals surface area contributed by atoms with E-state index >= 15 is 0 Å². The number of rotatable bonds is 6. The van der Waals surface area contributed by atoms with Crippen LogP contribution in [0.25, 0.3) is 0 Å². The lowest BCUT2D eigenvalue weighted by atomic mass is 9.71. The van der Waals surface area contributed by atoms with Crippen molar-refractivity contribution in [1.82, 2.24) is 4.90 Å². The molecule has 4 atom stereocenters. The number of nitrogens with zero attached hydrogens (tertiary/aromatic N) is 2. The third kappa shape index (κ3) is 4.38. The van der Waals surface area contributed by atoms with Gasteiger partial charge in [0.2, 0.25) is 0 Å². The van der Waals surface area contributed by atoms with Gasteiger partial charge in [0.1, 0.15) is 5.54 Å². The quantitative estimate of drug-likeness (QED) is 0.324. The Morgan fingerprint density at radius 1 is 0.744 bits per heavy atom. The SMILES string of the molecule is CC1(C(=O)O)C(c2ccccc2)C(C(=O)c2ccccc2)C(c2ccc(C#N)cc2)N1C(=O)c1ccccc1. The van der Waals surface area contributed by atoms with E-state index in [0.717, 1.165) is 0 Å². The van der Waals surface area contributed by atoms with Gasteiger partial charge in [0.15, 0.2) is 5.78 Å². The minimum absolute atomic E-state index is 0.255. The second-order valence-corrected chi connectivity index (χ2v) is 9.82. The number of carboxylic acids is 1. The molecule has 6 nitrogen and oxygen atoms in total. The lowest BCUT2D eigenvalue weighted by Gasteiger charge is -2.38. The first-order chi connectivity index (χ1) is 18.9. The number of amides is 1. The maximum Gasteiger partial charge on any atom is 0.330 e. The minimum atomic E-state index is -1.78. The molecule has 1 saturated heterocycles. The number of carbonyl (C=O) groups excluding carboxylic acids is 2. The predicted molar refractivity (Wildman–Crippen MR) is 146 cm³/mol. The van der Waals surface area contributed by atoms with Gasteiger partial charge in [-0.2, -0.15) is 5.26 Å². The van der Waals surface area contributed by atoms with Crippen LogP contribution in [0.15, 0.2) is 115 Å². The predicted octanol–water partition coefficient (Wildman–Crippen LogP) is 5.88. The smallest absolute Gasteiger partial charge is 0.330 e. The van der Waals surface area contributed by atoms with Crippen LogP contribution in [0, 0.1) is 17.2 Å². The molecule has 6 heteroatoms. The molecule has 192 valence electrons. The van der Waals surface area contributed by atoms with Gasteiger partial charge in [0.25, 0.3) is 5.91 Å². The zero-order chi connectivity index (χ0) is 27.6. The van der Waals surface area contributed by atoms with Crippen LogP contribution in [-0.2, 0) is 4.79 Å². The molecular weight excluding hydrogens is 488 g/mol. The molecule has 0 spiro atoms. The summed E-state index contributed by atoms with van der Waals surface area (Å²) in [4.78, 5) is 43.3. The van der Waals surface area contributed by atoms with E-state index in [9.17, 15) is 24.8 Å². The summed E-state index contributed by atoms with van der Waals surface area (Å²) in [7, 11) is 0. The molecule has 0 bridgehead atoms. The van der Waals surface area contributed by atoms with Crippen LogP contribution in [0.2, 0.25) is 0 Å². The zero-order valence-electron chi connectivity index (χ0n) is 21.3. The van der Waals surface area contributed by atoms with Crippen molar-refractivity contribution < 1.29 is 19.5 Å². The molecule has 39 heavy (non-hydrogen) atoms. The first kappa shape index (κ1) is 25.6. The summed E-state index contributed by atoms with van der Waals surface area (Å²) in [6.45, 7) is 1.53. The molecule has 4 aromatic rings. The molecule has 0 aromatic heterocycles. The van der Waals surface area contributed by atoms with Crippen molar-refractivity contribution in [3.05, 3.63) is 143 Å². The minimum Gasteiger partial charge on any atom is -0.479 e. The van der Waals surface area contributed by atoms with Gasteiger partial charge in [-0.05, 0) is 42.3 Å². The molecule has 1 fully saturated rings. The Morgan fingerprint density at radius 3 is 1.77 bits per heavy atom. The largest absolute Gasteiger partial charge is 0.479 e. The summed E-state index contributed by atoms with van der Waals surface area (Å²) in [6.07, 6.45) is 0. The van der Waals surface area contributed by atoms with E-state index < -0.39 is 35.3 Å². The number of hydrogen-bond donors (Lipinski definition) is 1. The second-order valence-electron chi connectivity index (χ2n) is 9.82. The molecule has 0 aliphatic carbocycles. The van der Waals surface area contributed by atoms with Gasteiger partial charge in [0.05, 0.1) is 23.6 Å². The van der Waals surface area contributed by atoms with Crippen molar-refractivity contribution in [2.24, 2.45) is 5.92 Å². The summed E-state index contributed by atoms with van der Waals surface area (Å²) in [5.74, 6) is -3.73. The normalized spacial score (nSPS) is 22.2. The Kier molecular flexibility index (Phi) is 6.83. The number of nitriles is 1. The molecule has 1 aliphatic rings. The Balaban J connectivity index is 1.82. The van der Waals surface area contributed by atoms with Gasteiger partial charge < -0.3 is 10.0 Å². The molecule has 0 saturated carbocycles. The molecule has 0 radical (unpaired) electrons. The first-order valence-corrected chi connectivity index (χ1v) is 12.6. The molecule has 4 aromatic carbocycles. The number of carbonyl (C=O) groups is 3. The Labute approximate surface area is 226 Å². The average molecular weight is 515 g/mol. The van der Waals surface area contributed by atoms with Gasteiger partial charge in [0, 0.05) is 17.0 Å². The highest BCUT2D eigenvalue weighted by Crippen LogP contribution is 2.57. The maximum absolute atomic E-state index is 14.4. The Hall–Kier alpha value is -5.02. The summed E-state index contributed by atoms with van der Waals surface area (Å²) in [5, 5.41) is 20.2. The second kappa shape index (κ2) is 10.4. The van der Waals surface area contributed by atoms with E-state index in [2.05, 4.69) is 6.07 Å². The number of hydrogen-bond acceptors (Lipinski definition) is 4. The fourth-order valence-corrected chi connectivity index (χ4v) is 5.82. The van der Waals surface area contributed by atoms with Crippen molar-refractivity contribution in [2.45, 2.75) is 24.4 Å². The van der Waals surface area contributed by atoms with Gasteiger partial charge in [-0.1, -0.05) is 91.0 Å². The average Bonchev–Trinajstić information content (AvgIpc) is 3.28. The molecule has 1 N–H and O–H groups in total. The number of aliphatic carboxylic acids is 1. The van der Waals surface area contributed by atoms with Crippen LogP contribution in [0.3, 0.4) is 0 Å². The van der Waals surface area contributed by atoms with Crippen molar-refractivity contribution >= 4 is 17.7 Å². The van der Waals surface area contributed by atoms with E-state index in [1.165, 1.54) is 11.8 Å².